The Labute approximate surface area is 101 Å². The summed E-state index contributed by atoms with van der Waals surface area (Å²) in [7, 11) is 0. The summed E-state index contributed by atoms with van der Waals surface area (Å²) in [5, 5.41) is 0.955. The summed E-state index contributed by atoms with van der Waals surface area (Å²) in [5.41, 5.74) is 5.58. The first-order chi connectivity index (χ1) is 8.19. The van der Waals surface area contributed by atoms with Gasteiger partial charge >= 0.3 is 0 Å². The van der Waals surface area contributed by atoms with E-state index in [-0.39, 0.29) is 6.54 Å². The number of benzene rings is 1. The van der Waals surface area contributed by atoms with Crippen molar-refractivity contribution in [3.8, 4) is 0 Å². The van der Waals surface area contributed by atoms with Gasteiger partial charge in [-0.2, -0.15) is 0 Å². The number of hydrogen-bond donors (Lipinski definition) is 1. The Balaban J connectivity index is 2.47. The lowest BCUT2D eigenvalue weighted by molar-refractivity contribution is 0.159. The molecule has 0 aliphatic rings. The van der Waals surface area contributed by atoms with Gasteiger partial charge in [-0.15, -0.1) is 0 Å². The van der Waals surface area contributed by atoms with Crippen LogP contribution in [0.1, 0.15) is 25.3 Å². The molecule has 2 aromatic rings. The minimum Gasteiger partial charge on any atom is -0.327 e. The zero-order valence-electron chi connectivity index (χ0n) is 9.99. The molecular weight excluding hydrogens is 215 g/mol. The van der Waals surface area contributed by atoms with Crippen LogP contribution in [0.5, 0.6) is 0 Å². The number of halogens is 1. The van der Waals surface area contributed by atoms with Crippen molar-refractivity contribution in [2.24, 2.45) is 5.73 Å². The van der Waals surface area contributed by atoms with Gasteiger partial charge in [0.05, 0.1) is 5.52 Å². The second-order valence-electron chi connectivity index (χ2n) is 4.34. The maximum atomic E-state index is 14.6. The molecule has 0 saturated carbocycles. The average Bonchev–Trinajstić information content (AvgIpc) is 2.38. The third-order valence-corrected chi connectivity index (χ3v) is 3.08. The van der Waals surface area contributed by atoms with Gasteiger partial charge in [-0.05, 0) is 18.6 Å². The van der Waals surface area contributed by atoms with Crippen LogP contribution in [0.2, 0.25) is 0 Å². The fourth-order valence-electron chi connectivity index (χ4n) is 2.08. The van der Waals surface area contributed by atoms with E-state index >= 15 is 0 Å². The fraction of sp³-hybridized carbons (Fsp3) is 0.357. The number of pyridine rings is 1. The Morgan fingerprint density at radius 3 is 2.82 bits per heavy atom. The third-order valence-electron chi connectivity index (χ3n) is 3.08. The molecule has 90 valence electrons. The summed E-state index contributed by atoms with van der Waals surface area (Å²) in [4.78, 5) is 4.28. The Kier molecular flexibility index (Phi) is 3.38. The van der Waals surface area contributed by atoms with Gasteiger partial charge in [0.1, 0.15) is 5.67 Å². The van der Waals surface area contributed by atoms with Crippen LogP contribution < -0.4 is 5.73 Å². The van der Waals surface area contributed by atoms with Crippen molar-refractivity contribution < 1.29 is 4.39 Å². The van der Waals surface area contributed by atoms with Gasteiger partial charge in [-0.3, -0.25) is 4.98 Å². The predicted molar refractivity (Wildman–Crippen MR) is 68.5 cm³/mol. The van der Waals surface area contributed by atoms with Crippen LogP contribution in [-0.2, 0) is 5.67 Å². The van der Waals surface area contributed by atoms with Crippen LogP contribution in [0, 0.1) is 0 Å². The van der Waals surface area contributed by atoms with E-state index in [1.807, 2.05) is 37.3 Å². The third kappa shape index (κ3) is 2.29. The van der Waals surface area contributed by atoms with Crippen molar-refractivity contribution in [1.82, 2.24) is 4.98 Å². The van der Waals surface area contributed by atoms with Crippen LogP contribution in [0.25, 0.3) is 10.9 Å². The van der Waals surface area contributed by atoms with E-state index < -0.39 is 5.67 Å². The highest BCUT2D eigenvalue weighted by Gasteiger charge is 2.29. The maximum Gasteiger partial charge on any atom is 0.149 e. The molecule has 1 atom stereocenters. The quantitative estimate of drug-likeness (QED) is 0.879. The minimum atomic E-state index is -1.45. The Morgan fingerprint density at radius 2 is 2.12 bits per heavy atom. The second-order valence-corrected chi connectivity index (χ2v) is 4.34. The molecule has 2 rings (SSSR count). The lowest BCUT2D eigenvalue weighted by Gasteiger charge is -2.23. The summed E-state index contributed by atoms with van der Waals surface area (Å²) in [6, 6.07) is 9.56. The number of nitrogens with zero attached hydrogens (tertiary/aromatic N) is 1. The second kappa shape index (κ2) is 4.80. The number of alkyl halides is 1. The van der Waals surface area contributed by atoms with Crippen molar-refractivity contribution in [2.45, 2.75) is 25.4 Å². The Bertz CT molecular complexity index is 512. The summed E-state index contributed by atoms with van der Waals surface area (Å²) >= 11 is 0. The molecular formula is C14H17FN2. The Hall–Kier alpha value is -1.48. The van der Waals surface area contributed by atoms with Crippen LogP contribution in [0.15, 0.2) is 36.5 Å². The van der Waals surface area contributed by atoms with E-state index in [0.29, 0.717) is 12.0 Å². The molecule has 1 heterocycles. The highest BCUT2D eigenvalue weighted by atomic mass is 19.1. The zero-order chi connectivity index (χ0) is 12.3. The van der Waals surface area contributed by atoms with Crippen molar-refractivity contribution in [3.05, 3.63) is 42.1 Å². The standard InChI is InChI=1S/C14H17FN2/c1-2-7-14(15,10-16)12-8-11-5-3-4-6-13(11)17-9-12/h3-6,8-9H,2,7,10,16H2,1H3. The van der Waals surface area contributed by atoms with Crippen LogP contribution in [-0.4, -0.2) is 11.5 Å². The van der Waals surface area contributed by atoms with Gasteiger partial charge in [0.25, 0.3) is 0 Å². The van der Waals surface area contributed by atoms with Gasteiger partial charge < -0.3 is 5.73 Å². The molecule has 2 nitrogen and oxygen atoms in total. The summed E-state index contributed by atoms with van der Waals surface area (Å²) in [6.07, 6.45) is 2.80. The Morgan fingerprint density at radius 1 is 1.35 bits per heavy atom. The van der Waals surface area contributed by atoms with E-state index in [0.717, 1.165) is 17.3 Å². The van der Waals surface area contributed by atoms with E-state index in [1.54, 1.807) is 6.20 Å². The van der Waals surface area contributed by atoms with Crippen molar-refractivity contribution in [2.75, 3.05) is 6.54 Å². The average molecular weight is 232 g/mol. The number of hydrogen-bond acceptors (Lipinski definition) is 2. The normalized spacial score (nSPS) is 14.8. The number of rotatable bonds is 4. The molecule has 0 aliphatic carbocycles. The van der Waals surface area contributed by atoms with Crippen molar-refractivity contribution >= 4 is 10.9 Å². The molecule has 0 fully saturated rings. The number of para-hydroxylation sites is 1. The maximum absolute atomic E-state index is 14.6. The monoisotopic (exact) mass is 232 g/mol. The topological polar surface area (TPSA) is 38.9 Å². The molecule has 1 aromatic heterocycles. The zero-order valence-corrected chi connectivity index (χ0v) is 9.99. The highest BCUT2D eigenvalue weighted by molar-refractivity contribution is 5.78. The van der Waals surface area contributed by atoms with E-state index in [4.69, 9.17) is 5.73 Å². The lowest BCUT2D eigenvalue weighted by Crippen LogP contribution is -2.30. The first kappa shape index (κ1) is 12.0. The molecule has 1 aromatic carbocycles. The molecule has 0 saturated heterocycles. The lowest BCUT2D eigenvalue weighted by atomic mass is 9.91. The SMILES string of the molecule is CCCC(F)(CN)c1cnc2ccccc2c1. The van der Waals surface area contributed by atoms with Crippen molar-refractivity contribution in [1.29, 1.82) is 0 Å². The van der Waals surface area contributed by atoms with Crippen LogP contribution >= 0.6 is 0 Å². The van der Waals surface area contributed by atoms with E-state index in [9.17, 15) is 4.39 Å². The first-order valence-corrected chi connectivity index (χ1v) is 5.94. The molecule has 17 heavy (non-hydrogen) atoms. The van der Waals surface area contributed by atoms with Gasteiger partial charge in [0, 0.05) is 23.7 Å². The smallest absolute Gasteiger partial charge is 0.149 e. The van der Waals surface area contributed by atoms with Gasteiger partial charge in [0.15, 0.2) is 0 Å². The van der Waals surface area contributed by atoms with E-state index in [2.05, 4.69) is 4.98 Å². The first-order valence-electron chi connectivity index (χ1n) is 5.94. The molecule has 0 radical (unpaired) electrons. The van der Waals surface area contributed by atoms with Crippen LogP contribution in [0.3, 0.4) is 0 Å². The minimum absolute atomic E-state index is 0.000853. The predicted octanol–water partition coefficient (Wildman–Crippen LogP) is 3.16. The molecule has 1 unspecified atom stereocenters. The molecule has 0 spiro atoms. The number of nitrogens with two attached hydrogens (primary N) is 1. The molecule has 2 N–H and O–H groups in total. The highest BCUT2D eigenvalue weighted by Crippen LogP contribution is 2.31. The number of aromatic nitrogens is 1. The van der Waals surface area contributed by atoms with Crippen LogP contribution in [0.4, 0.5) is 4.39 Å². The van der Waals surface area contributed by atoms with E-state index in [1.165, 1.54) is 0 Å². The molecule has 0 aliphatic heterocycles. The summed E-state index contributed by atoms with van der Waals surface area (Å²) < 4.78 is 14.6. The largest absolute Gasteiger partial charge is 0.327 e. The molecule has 0 amide bonds. The van der Waals surface area contributed by atoms with Crippen molar-refractivity contribution in [3.63, 3.8) is 0 Å². The van der Waals surface area contributed by atoms with Gasteiger partial charge in [-0.1, -0.05) is 31.5 Å². The fourth-order valence-corrected chi connectivity index (χ4v) is 2.08. The number of fused-ring (bicyclic) bond motifs is 1. The molecule has 0 bridgehead atoms. The summed E-state index contributed by atoms with van der Waals surface area (Å²) in [6.45, 7) is 1.96. The summed E-state index contributed by atoms with van der Waals surface area (Å²) in [5.74, 6) is 0. The van der Waals surface area contributed by atoms with Gasteiger partial charge in [-0.25, -0.2) is 4.39 Å². The molecule has 3 heteroatoms. The van der Waals surface area contributed by atoms with Gasteiger partial charge in [0.2, 0.25) is 0 Å².